The van der Waals surface area contributed by atoms with E-state index in [4.69, 9.17) is 0 Å². The predicted octanol–water partition coefficient (Wildman–Crippen LogP) is 1.99. The Balaban J connectivity index is 2.56. The molecule has 0 saturated heterocycles. The fourth-order valence-corrected chi connectivity index (χ4v) is 2.33. The lowest BCUT2D eigenvalue weighted by molar-refractivity contribution is 0.737. The summed E-state index contributed by atoms with van der Waals surface area (Å²) in [6, 6.07) is 0. The Morgan fingerprint density at radius 1 is 1.18 bits per heavy atom. The molecule has 17 heavy (non-hydrogen) atoms. The summed E-state index contributed by atoms with van der Waals surface area (Å²) < 4.78 is 2.31. The quantitative estimate of drug-likeness (QED) is 0.637. The first-order valence-corrected chi connectivity index (χ1v) is 5.87. The topological polar surface area (TPSA) is 4.93 Å². The Bertz CT molecular complexity index is 738. The highest BCUT2D eigenvalue weighted by Crippen LogP contribution is 2.10. The number of rotatable bonds is 1. The van der Waals surface area contributed by atoms with Gasteiger partial charge in [-0.25, -0.2) is 0 Å². The van der Waals surface area contributed by atoms with Crippen molar-refractivity contribution < 1.29 is 0 Å². The normalized spacial score (nSPS) is 14.6. The van der Waals surface area contributed by atoms with Gasteiger partial charge >= 0.3 is 0 Å². The number of hydrogen-bond acceptors (Lipinski definition) is 0. The summed E-state index contributed by atoms with van der Waals surface area (Å²) in [6.07, 6.45) is 16.3. The third-order valence-corrected chi connectivity index (χ3v) is 3.06. The van der Waals surface area contributed by atoms with Crippen LogP contribution < -0.4 is 10.6 Å². The molecule has 1 aromatic rings. The van der Waals surface area contributed by atoms with Crippen LogP contribution in [0.15, 0.2) is 36.1 Å². The number of hydrogen-bond donors (Lipinski definition) is 0. The van der Waals surface area contributed by atoms with E-state index in [1.807, 2.05) is 30.4 Å². The van der Waals surface area contributed by atoms with Crippen molar-refractivity contribution in [3.05, 3.63) is 57.9 Å². The third-order valence-electron chi connectivity index (χ3n) is 3.06. The van der Waals surface area contributed by atoms with Crippen LogP contribution in [0.25, 0.3) is 24.0 Å². The molecule has 0 unspecified atom stereocenters. The van der Waals surface area contributed by atoms with Crippen molar-refractivity contribution in [2.45, 2.75) is 13.5 Å². The predicted molar refractivity (Wildman–Crippen MR) is 72.5 cm³/mol. The average Bonchev–Trinajstić information content (AvgIpc) is 2.62. The Morgan fingerprint density at radius 2 is 2.12 bits per heavy atom. The van der Waals surface area contributed by atoms with E-state index < -0.39 is 0 Å². The molecule has 0 fully saturated rings. The highest BCUT2D eigenvalue weighted by atomic mass is 15.0. The maximum Gasteiger partial charge on any atom is 0.0570 e. The van der Waals surface area contributed by atoms with Gasteiger partial charge in [-0.15, -0.1) is 11.5 Å². The zero-order valence-corrected chi connectivity index (χ0v) is 9.77. The second kappa shape index (κ2) is 3.99. The number of allylic oxidation sites excluding steroid dienone is 5. The summed E-state index contributed by atoms with van der Waals surface area (Å²) in [6.45, 7) is 3.13. The molecule has 0 N–H and O–H groups in total. The van der Waals surface area contributed by atoms with Gasteiger partial charge in [-0.3, -0.25) is 0 Å². The first-order chi connectivity index (χ1) is 8.42. The maximum absolute atomic E-state index is 3.35. The van der Waals surface area contributed by atoms with E-state index in [0.29, 0.717) is 0 Å². The van der Waals surface area contributed by atoms with E-state index in [9.17, 15) is 0 Å². The highest BCUT2D eigenvalue weighted by molar-refractivity contribution is 5.68. The van der Waals surface area contributed by atoms with E-state index in [1.165, 1.54) is 21.8 Å². The van der Waals surface area contributed by atoms with Crippen molar-refractivity contribution in [2.75, 3.05) is 0 Å². The molecule has 3 rings (SSSR count). The monoisotopic (exact) mass is 219 g/mol. The van der Waals surface area contributed by atoms with Crippen molar-refractivity contribution >= 4 is 24.0 Å². The minimum atomic E-state index is 0.960. The first-order valence-electron chi connectivity index (χ1n) is 5.87. The van der Waals surface area contributed by atoms with Gasteiger partial charge in [0.15, 0.2) is 0 Å². The van der Waals surface area contributed by atoms with E-state index in [-0.39, 0.29) is 0 Å². The summed E-state index contributed by atoms with van der Waals surface area (Å²) in [7, 11) is 0. The van der Waals surface area contributed by atoms with E-state index >= 15 is 0 Å². The van der Waals surface area contributed by atoms with Crippen LogP contribution in [0, 0.1) is 0 Å². The van der Waals surface area contributed by atoms with Crippen molar-refractivity contribution in [1.29, 1.82) is 0 Å². The fourth-order valence-electron chi connectivity index (χ4n) is 2.33. The van der Waals surface area contributed by atoms with Crippen molar-refractivity contribution in [2.24, 2.45) is 0 Å². The molecule has 0 bridgehead atoms. The molecule has 2 aliphatic rings. The average molecular weight is 219 g/mol. The van der Waals surface area contributed by atoms with Crippen LogP contribution in [0.4, 0.5) is 0 Å². The van der Waals surface area contributed by atoms with Crippen LogP contribution in [-0.4, -0.2) is 4.57 Å². The zero-order chi connectivity index (χ0) is 11.7. The molecule has 0 radical (unpaired) electrons. The van der Waals surface area contributed by atoms with E-state index in [0.717, 1.165) is 6.54 Å². The molecule has 0 aliphatic heterocycles. The van der Waals surface area contributed by atoms with Gasteiger partial charge in [0, 0.05) is 12.1 Å². The van der Waals surface area contributed by atoms with Crippen LogP contribution in [0.5, 0.6) is 0 Å². The summed E-state index contributed by atoms with van der Waals surface area (Å²) in [5.41, 5.74) is 8.98. The molecule has 0 amide bonds. The molecule has 0 atom stereocenters. The smallest absolute Gasteiger partial charge is 0.0570 e. The van der Waals surface area contributed by atoms with Gasteiger partial charge < -0.3 is 4.57 Å². The molecule has 0 spiro atoms. The molecule has 82 valence electrons. The Labute approximate surface area is 100 Å². The molecule has 1 heteroatoms. The summed E-state index contributed by atoms with van der Waals surface area (Å²) in [4.78, 5) is 0. The standard InChI is InChI=1S/C16H13N/c1-2-17-15-11-7-3-5-9-13(15)14-10-6-4-8-12-16(14)17/h3-5,7-8,10-12H,2H2,1H3. The van der Waals surface area contributed by atoms with Crippen LogP contribution in [-0.2, 0) is 6.54 Å². The number of fused-ring (bicyclic) bond motifs is 3. The molecule has 1 aromatic heterocycles. The minimum Gasteiger partial charge on any atom is -0.340 e. The van der Waals surface area contributed by atoms with Gasteiger partial charge in [-0.05, 0) is 37.3 Å². The van der Waals surface area contributed by atoms with Crippen LogP contribution >= 0.6 is 0 Å². The Hall–Kier alpha value is -2.20. The number of aromatic nitrogens is 1. The zero-order valence-electron chi connectivity index (χ0n) is 9.77. The second-order valence-corrected chi connectivity index (χ2v) is 4.00. The van der Waals surface area contributed by atoms with E-state index in [2.05, 4.69) is 41.2 Å². The summed E-state index contributed by atoms with van der Waals surface area (Å²) >= 11 is 0. The lowest BCUT2D eigenvalue weighted by atomic mass is 10.2. The Kier molecular flexibility index (Phi) is 2.34. The molecular weight excluding hydrogens is 206 g/mol. The van der Waals surface area contributed by atoms with Crippen molar-refractivity contribution in [1.82, 2.24) is 4.57 Å². The van der Waals surface area contributed by atoms with Gasteiger partial charge in [0.25, 0.3) is 0 Å². The maximum atomic E-state index is 3.35. The molecular formula is C16H13N. The van der Waals surface area contributed by atoms with Crippen LogP contribution in [0.2, 0.25) is 0 Å². The lowest BCUT2D eigenvalue weighted by Crippen LogP contribution is -2.28. The minimum absolute atomic E-state index is 0.960. The fraction of sp³-hybridized carbons (Fsp3) is 0.125. The second-order valence-electron chi connectivity index (χ2n) is 4.00. The van der Waals surface area contributed by atoms with E-state index in [1.54, 1.807) is 0 Å². The third kappa shape index (κ3) is 1.50. The molecule has 2 aliphatic carbocycles. The first kappa shape index (κ1) is 9.99. The lowest BCUT2D eigenvalue weighted by Gasteiger charge is -2.02. The van der Waals surface area contributed by atoms with Gasteiger partial charge in [0.1, 0.15) is 0 Å². The summed E-state index contributed by atoms with van der Waals surface area (Å²) in [5, 5.41) is 2.39. The summed E-state index contributed by atoms with van der Waals surface area (Å²) in [5.74, 6) is 0. The largest absolute Gasteiger partial charge is 0.340 e. The van der Waals surface area contributed by atoms with Crippen molar-refractivity contribution in [3.63, 3.8) is 0 Å². The van der Waals surface area contributed by atoms with Gasteiger partial charge in [-0.2, -0.15) is 0 Å². The molecule has 1 nitrogen and oxygen atoms in total. The molecule has 0 aromatic carbocycles. The van der Waals surface area contributed by atoms with Crippen LogP contribution in [0.1, 0.15) is 18.2 Å². The SMILES string of the molecule is CCn1c2c(c3c1=CC=CC=C=3)C=C=CC=C2. The van der Waals surface area contributed by atoms with Crippen LogP contribution in [0.3, 0.4) is 0 Å². The molecule has 0 saturated carbocycles. The Morgan fingerprint density at radius 3 is 3.00 bits per heavy atom. The number of nitrogens with zero attached hydrogens (tertiary/aromatic N) is 1. The van der Waals surface area contributed by atoms with Crippen molar-refractivity contribution in [3.8, 4) is 0 Å². The van der Waals surface area contributed by atoms with Gasteiger partial charge in [0.05, 0.1) is 16.3 Å². The highest BCUT2D eigenvalue weighted by Gasteiger charge is 2.10. The van der Waals surface area contributed by atoms with Gasteiger partial charge in [-0.1, -0.05) is 18.2 Å². The van der Waals surface area contributed by atoms with Gasteiger partial charge in [0.2, 0.25) is 0 Å². The molecule has 1 heterocycles.